The summed E-state index contributed by atoms with van der Waals surface area (Å²) in [6.45, 7) is 3.49. The highest BCUT2D eigenvalue weighted by atomic mass is 35.5. The van der Waals surface area contributed by atoms with Crippen LogP contribution in [0, 0.1) is 24.0 Å². The second-order valence-electron chi connectivity index (χ2n) is 6.04. The van der Waals surface area contributed by atoms with Crippen LogP contribution in [-0.2, 0) is 17.9 Å². The number of aromatic nitrogens is 4. The third-order valence-corrected chi connectivity index (χ3v) is 4.20. The van der Waals surface area contributed by atoms with Crippen molar-refractivity contribution in [3.8, 4) is 0 Å². The molecule has 0 fully saturated rings. The first kappa shape index (κ1) is 18.6. The highest BCUT2D eigenvalue weighted by molar-refractivity contribution is 6.30. The standard InChI is InChI=1S/C17H17ClN6O3/c1-11-17(24(26)27)12(2)23(21-11)10-16(25)20-15-7-19-22(9-15)8-13-4-3-5-14(18)6-13/h3-7,9H,8,10H2,1-2H3,(H,20,25). The van der Waals surface area contributed by atoms with Gasteiger partial charge in [0.15, 0.2) is 0 Å². The number of hydrogen-bond donors (Lipinski definition) is 1. The van der Waals surface area contributed by atoms with Crippen molar-refractivity contribution in [2.45, 2.75) is 26.9 Å². The lowest BCUT2D eigenvalue weighted by Gasteiger charge is -2.04. The molecule has 9 nitrogen and oxygen atoms in total. The normalized spacial score (nSPS) is 10.8. The molecule has 27 heavy (non-hydrogen) atoms. The van der Waals surface area contributed by atoms with Gasteiger partial charge in [0, 0.05) is 11.2 Å². The minimum atomic E-state index is -0.494. The first-order chi connectivity index (χ1) is 12.8. The number of benzene rings is 1. The molecule has 140 valence electrons. The molecule has 0 aliphatic rings. The van der Waals surface area contributed by atoms with E-state index in [0.29, 0.717) is 22.9 Å². The van der Waals surface area contributed by atoms with Gasteiger partial charge in [0.05, 0.1) is 23.4 Å². The van der Waals surface area contributed by atoms with Crippen LogP contribution in [0.3, 0.4) is 0 Å². The number of halogens is 1. The van der Waals surface area contributed by atoms with Crippen molar-refractivity contribution < 1.29 is 9.72 Å². The van der Waals surface area contributed by atoms with Gasteiger partial charge >= 0.3 is 5.69 Å². The topological polar surface area (TPSA) is 108 Å². The van der Waals surface area contributed by atoms with Crippen molar-refractivity contribution in [1.29, 1.82) is 0 Å². The number of aryl methyl sites for hydroxylation is 1. The minimum Gasteiger partial charge on any atom is -0.322 e. The summed E-state index contributed by atoms with van der Waals surface area (Å²) >= 11 is 5.97. The smallest absolute Gasteiger partial charge is 0.312 e. The summed E-state index contributed by atoms with van der Waals surface area (Å²) in [5.41, 5.74) is 2.05. The van der Waals surface area contributed by atoms with Gasteiger partial charge in [-0.05, 0) is 31.5 Å². The SMILES string of the molecule is Cc1nn(CC(=O)Nc2cnn(Cc3cccc(Cl)c3)c2)c(C)c1[N+](=O)[O-]. The van der Waals surface area contributed by atoms with Crippen LogP contribution in [0.25, 0.3) is 0 Å². The monoisotopic (exact) mass is 388 g/mol. The number of rotatable bonds is 6. The molecule has 0 radical (unpaired) electrons. The van der Waals surface area contributed by atoms with E-state index in [9.17, 15) is 14.9 Å². The maximum absolute atomic E-state index is 12.2. The molecule has 1 amide bonds. The predicted molar refractivity (Wildman–Crippen MR) is 99.8 cm³/mol. The van der Waals surface area contributed by atoms with E-state index in [1.807, 2.05) is 18.2 Å². The number of anilines is 1. The van der Waals surface area contributed by atoms with E-state index in [-0.39, 0.29) is 23.8 Å². The van der Waals surface area contributed by atoms with Crippen LogP contribution in [0.1, 0.15) is 17.0 Å². The van der Waals surface area contributed by atoms with Crippen LogP contribution in [0.2, 0.25) is 5.02 Å². The maximum Gasteiger partial charge on any atom is 0.312 e. The van der Waals surface area contributed by atoms with Crippen LogP contribution in [0.5, 0.6) is 0 Å². The molecule has 3 rings (SSSR count). The van der Waals surface area contributed by atoms with Gasteiger partial charge in [-0.1, -0.05) is 23.7 Å². The van der Waals surface area contributed by atoms with Crippen molar-refractivity contribution in [2.24, 2.45) is 0 Å². The van der Waals surface area contributed by atoms with Crippen molar-refractivity contribution >= 4 is 28.9 Å². The van der Waals surface area contributed by atoms with E-state index in [2.05, 4.69) is 15.5 Å². The van der Waals surface area contributed by atoms with E-state index >= 15 is 0 Å². The fourth-order valence-electron chi connectivity index (χ4n) is 2.78. The fraction of sp³-hybridized carbons (Fsp3) is 0.235. The maximum atomic E-state index is 12.2. The number of nitrogens with one attached hydrogen (secondary N) is 1. The van der Waals surface area contributed by atoms with Gasteiger partial charge in [0.1, 0.15) is 17.9 Å². The molecule has 0 saturated heterocycles. The molecule has 0 unspecified atom stereocenters. The molecule has 0 aliphatic heterocycles. The molecule has 1 N–H and O–H groups in total. The second-order valence-corrected chi connectivity index (χ2v) is 6.48. The number of carbonyl (C=O) groups is 1. The highest BCUT2D eigenvalue weighted by Crippen LogP contribution is 2.21. The molecule has 0 aliphatic carbocycles. The molecular formula is C17H17ClN6O3. The summed E-state index contributed by atoms with van der Waals surface area (Å²) in [4.78, 5) is 22.8. The summed E-state index contributed by atoms with van der Waals surface area (Å²) < 4.78 is 2.99. The van der Waals surface area contributed by atoms with E-state index in [4.69, 9.17) is 11.6 Å². The molecule has 0 atom stereocenters. The number of amides is 1. The van der Waals surface area contributed by atoms with Crippen LogP contribution >= 0.6 is 11.6 Å². The zero-order valence-corrected chi connectivity index (χ0v) is 15.5. The zero-order valence-electron chi connectivity index (χ0n) is 14.7. The summed E-state index contributed by atoms with van der Waals surface area (Å²) in [5, 5.41) is 22.7. The Morgan fingerprint density at radius 1 is 1.37 bits per heavy atom. The molecule has 0 spiro atoms. The molecule has 2 aromatic heterocycles. The number of nitrogens with zero attached hydrogens (tertiary/aromatic N) is 5. The Balaban J connectivity index is 1.65. The lowest BCUT2D eigenvalue weighted by Crippen LogP contribution is -2.20. The van der Waals surface area contributed by atoms with E-state index in [1.165, 1.54) is 10.9 Å². The number of hydrogen-bond acceptors (Lipinski definition) is 5. The Bertz CT molecular complexity index is 1010. The van der Waals surface area contributed by atoms with Gasteiger partial charge in [-0.2, -0.15) is 10.2 Å². The molecule has 2 heterocycles. The van der Waals surface area contributed by atoms with Gasteiger partial charge in [-0.25, -0.2) is 0 Å². The molecule has 0 bridgehead atoms. The number of nitro groups is 1. The molecule has 0 saturated carbocycles. The highest BCUT2D eigenvalue weighted by Gasteiger charge is 2.22. The largest absolute Gasteiger partial charge is 0.322 e. The fourth-order valence-corrected chi connectivity index (χ4v) is 2.99. The van der Waals surface area contributed by atoms with E-state index in [1.54, 1.807) is 30.8 Å². The van der Waals surface area contributed by atoms with E-state index < -0.39 is 4.92 Å². The first-order valence-electron chi connectivity index (χ1n) is 8.08. The van der Waals surface area contributed by atoms with Crippen LogP contribution in [-0.4, -0.2) is 30.4 Å². The predicted octanol–water partition coefficient (Wildman–Crippen LogP) is 2.95. The quantitative estimate of drug-likeness (QED) is 0.516. The van der Waals surface area contributed by atoms with Crippen molar-refractivity contribution in [2.75, 3.05) is 5.32 Å². The van der Waals surface area contributed by atoms with Crippen LogP contribution < -0.4 is 5.32 Å². The third kappa shape index (κ3) is 4.32. The summed E-state index contributed by atoms with van der Waals surface area (Å²) in [6.07, 6.45) is 3.23. The van der Waals surface area contributed by atoms with Crippen LogP contribution in [0.15, 0.2) is 36.7 Å². The molecule has 3 aromatic rings. The summed E-state index contributed by atoms with van der Waals surface area (Å²) in [6, 6.07) is 7.43. The second kappa shape index (κ2) is 7.58. The zero-order chi connectivity index (χ0) is 19.6. The average molecular weight is 389 g/mol. The Kier molecular flexibility index (Phi) is 5.22. The first-order valence-corrected chi connectivity index (χ1v) is 8.46. The van der Waals surface area contributed by atoms with Gasteiger partial charge in [-0.15, -0.1) is 0 Å². The Morgan fingerprint density at radius 3 is 2.81 bits per heavy atom. The Labute approximate surface area is 159 Å². The molecular weight excluding hydrogens is 372 g/mol. The number of carbonyl (C=O) groups excluding carboxylic acids is 1. The summed E-state index contributed by atoms with van der Waals surface area (Å²) in [7, 11) is 0. The van der Waals surface area contributed by atoms with Gasteiger partial charge in [0.2, 0.25) is 5.91 Å². The average Bonchev–Trinajstić information content (AvgIpc) is 3.11. The van der Waals surface area contributed by atoms with Gasteiger partial charge in [0.25, 0.3) is 0 Å². The van der Waals surface area contributed by atoms with Gasteiger partial charge < -0.3 is 5.32 Å². The van der Waals surface area contributed by atoms with Crippen molar-refractivity contribution in [3.63, 3.8) is 0 Å². The lowest BCUT2D eigenvalue weighted by molar-refractivity contribution is -0.386. The minimum absolute atomic E-state index is 0.0721. The van der Waals surface area contributed by atoms with Crippen LogP contribution in [0.4, 0.5) is 11.4 Å². The lowest BCUT2D eigenvalue weighted by atomic mass is 10.2. The Morgan fingerprint density at radius 2 is 2.15 bits per heavy atom. The third-order valence-electron chi connectivity index (χ3n) is 3.97. The molecule has 10 heteroatoms. The van der Waals surface area contributed by atoms with E-state index in [0.717, 1.165) is 5.56 Å². The summed E-state index contributed by atoms with van der Waals surface area (Å²) in [5.74, 6) is -0.349. The van der Waals surface area contributed by atoms with Gasteiger partial charge in [-0.3, -0.25) is 24.3 Å². The van der Waals surface area contributed by atoms with Crippen molar-refractivity contribution in [1.82, 2.24) is 19.6 Å². The Hall–Kier alpha value is -3.20. The molecule has 1 aromatic carbocycles. The van der Waals surface area contributed by atoms with Crippen molar-refractivity contribution in [3.05, 3.63) is 68.7 Å².